The first-order valence-electron chi connectivity index (χ1n) is 3.73. The summed E-state index contributed by atoms with van der Waals surface area (Å²) in [7, 11) is 1.91. The van der Waals surface area contributed by atoms with Crippen molar-refractivity contribution in [2.45, 2.75) is 12.5 Å². The lowest BCUT2D eigenvalue weighted by molar-refractivity contribution is -0.150. The van der Waals surface area contributed by atoms with Crippen molar-refractivity contribution in [3.05, 3.63) is 0 Å². The third kappa shape index (κ3) is 2.48. The molecule has 64 valence electrons. The van der Waals surface area contributed by atoms with E-state index in [0.717, 1.165) is 13.0 Å². The Morgan fingerprint density at radius 2 is 2.45 bits per heavy atom. The van der Waals surface area contributed by atoms with Crippen molar-refractivity contribution in [1.82, 2.24) is 4.90 Å². The van der Waals surface area contributed by atoms with E-state index in [0.29, 0.717) is 13.2 Å². The lowest BCUT2D eigenvalue weighted by Gasteiger charge is -2.15. The maximum Gasteiger partial charge on any atom is 0.334 e. The summed E-state index contributed by atoms with van der Waals surface area (Å²) < 4.78 is 5.09. The number of carboxylic acids is 1. The number of carboxylic acid groups (broad SMARTS) is 1. The maximum absolute atomic E-state index is 10.5. The van der Waals surface area contributed by atoms with Crippen LogP contribution in [0, 0.1) is 0 Å². The van der Waals surface area contributed by atoms with Gasteiger partial charge in [-0.25, -0.2) is 4.79 Å². The minimum Gasteiger partial charge on any atom is -0.479 e. The Hall–Kier alpha value is -0.610. The molecule has 0 aromatic carbocycles. The lowest BCUT2D eigenvalue weighted by atomic mass is 10.3. The highest BCUT2D eigenvalue weighted by Crippen LogP contribution is 2.03. The Morgan fingerprint density at radius 3 is 3.09 bits per heavy atom. The van der Waals surface area contributed by atoms with E-state index >= 15 is 0 Å². The monoisotopic (exact) mass is 159 g/mol. The fourth-order valence-corrected chi connectivity index (χ4v) is 1.14. The standard InChI is InChI=1S/C7H13NO3/c1-8-3-2-4-11-6(5-8)7(9)10/h6H,2-5H2,1H3,(H,9,10). The SMILES string of the molecule is CN1CCCOC(C(=O)O)C1. The van der Waals surface area contributed by atoms with Crippen molar-refractivity contribution in [2.75, 3.05) is 26.7 Å². The average molecular weight is 159 g/mol. The average Bonchev–Trinajstić information content (AvgIpc) is 2.13. The summed E-state index contributed by atoms with van der Waals surface area (Å²) in [6.07, 6.45) is 0.280. The smallest absolute Gasteiger partial charge is 0.334 e. The second kappa shape index (κ2) is 3.69. The second-order valence-electron chi connectivity index (χ2n) is 2.81. The van der Waals surface area contributed by atoms with Crippen LogP contribution in [0.3, 0.4) is 0 Å². The van der Waals surface area contributed by atoms with Crippen LogP contribution in [-0.4, -0.2) is 48.8 Å². The number of nitrogens with zero attached hydrogens (tertiary/aromatic N) is 1. The number of hydrogen-bond acceptors (Lipinski definition) is 3. The first-order chi connectivity index (χ1) is 5.20. The van der Waals surface area contributed by atoms with E-state index in [-0.39, 0.29) is 0 Å². The third-order valence-electron chi connectivity index (χ3n) is 1.76. The van der Waals surface area contributed by atoms with Crippen molar-refractivity contribution in [3.63, 3.8) is 0 Å². The number of carbonyl (C=O) groups is 1. The molecule has 1 aliphatic heterocycles. The summed E-state index contributed by atoms with van der Waals surface area (Å²) >= 11 is 0. The van der Waals surface area contributed by atoms with Gasteiger partial charge in [-0.05, 0) is 13.5 Å². The van der Waals surface area contributed by atoms with E-state index in [4.69, 9.17) is 9.84 Å². The largest absolute Gasteiger partial charge is 0.479 e. The molecule has 1 N–H and O–H groups in total. The zero-order valence-corrected chi connectivity index (χ0v) is 6.62. The number of likely N-dealkylation sites (N-methyl/N-ethyl adjacent to an activating group) is 1. The van der Waals surface area contributed by atoms with Crippen molar-refractivity contribution in [1.29, 1.82) is 0 Å². The summed E-state index contributed by atoms with van der Waals surface area (Å²) in [6.45, 7) is 1.97. The van der Waals surface area contributed by atoms with Crippen LogP contribution in [0.15, 0.2) is 0 Å². The van der Waals surface area contributed by atoms with Gasteiger partial charge in [-0.3, -0.25) is 0 Å². The zero-order chi connectivity index (χ0) is 8.27. The lowest BCUT2D eigenvalue weighted by Crippen LogP contribution is -2.34. The van der Waals surface area contributed by atoms with Gasteiger partial charge in [0.2, 0.25) is 0 Å². The van der Waals surface area contributed by atoms with Crippen LogP contribution in [0.2, 0.25) is 0 Å². The molecule has 0 aromatic rings. The fraction of sp³-hybridized carbons (Fsp3) is 0.857. The molecule has 0 saturated carbocycles. The number of aliphatic carboxylic acids is 1. The highest BCUT2D eigenvalue weighted by Gasteiger charge is 2.22. The van der Waals surface area contributed by atoms with Gasteiger partial charge in [-0.15, -0.1) is 0 Å². The maximum atomic E-state index is 10.5. The van der Waals surface area contributed by atoms with Crippen molar-refractivity contribution < 1.29 is 14.6 Å². The number of hydrogen-bond donors (Lipinski definition) is 1. The Labute approximate surface area is 65.8 Å². The Balaban J connectivity index is 2.45. The Bertz CT molecular complexity index is 149. The molecule has 0 amide bonds. The number of rotatable bonds is 1. The number of ether oxygens (including phenoxy) is 1. The van der Waals surface area contributed by atoms with Crippen molar-refractivity contribution >= 4 is 5.97 Å². The molecule has 1 fully saturated rings. The molecule has 4 nitrogen and oxygen atoms in total. The summed E-state index contributed by atoms with van der Waals surface area (Å²) in [5.74, 6) is -0.862. The van der Waals surface area contributed by atoms with Crippen LogP contribution in [0.25, 0.3) is 0 Å². The van der Waals surface area contributed by atoms with Gasteiger partial charge < -0.3 is 14.7 Å². The molecule has 1 heterocycles. The summed E-state index contributed by atoms with van der Waals surface area (Å²) in [5.41, 5.74) is 0. The van der Waals surface area contributed by atoms with Gasteiger partial charge in [0, 0.05) is 19.7 Å². The van der Waals surface area contributed by atoms with Gasteiger partial charge >= 0.3 is 5.97 Å². The van der Waals surface area contributed by atoms with Gasteiger partial charge in [0.15, 0.2) is 6.10 Å². The predicted molar refractivity (Wildman–Crippen MR) is 39.5 cm³/mol. The molecule has 0 radical (unpaired) electrons. The van der Waals surface area contributed by atoms with E-state index in [2.05, 4.69) is 0 Å². The Morgan fingerprint density at radius 1 is 1.73 bits per heavy atom. The summed E-state index contributed by atoms with van der Waals surface area (Å²) in [6, 6.07) is 0. The van der Waals surface area contributed by atoms with E-state index in [1.165, 1.54) is 0 Å². The molecule has 1 atom stereocenters. The first kappa shape index (κ1) is 8.49. The molecule has 0 spiro atoms. The van der Waals surface area contributed by atoms with Gasteiger partial charge in [-0.1, -0.05) is 0 Å². The highest BCUT2D eigenvalue weighted by atomic mass is 16.5. The molecular weight excluding hydrogens is 146 g/mol. The van der Waals surface area contributed by atoms with E-state index < -0.39 is 12.1 Å². The van der Waals surface area contributed by atoms with Crippen LogP contribution in [0.1, 0.15) is 6.42 Å². The highest BCUT2D eigenvalue weighted by molar-refractivity contribution is 5.72. The van der Waals surface area contributed by atoms with Crippen LogP contribution in [0.5, 0.6) is 0 Å². The predicted octanol–water partition coefficient (Wildman–Crippen LogP) is -0.208. The second-order valence-corrected chi connectivity index (χ2v) is 2.81. The van der Waals surface area contributed by atoms with Gasteiger partial charge in [-0.2, -0.15) is 0 Å². The molecule has 0 aromatic heterocycles. The topological polar surface area (TPSA) is 49.8 Å². The van der Waals surface area contributed by atoms with Crippen LogP contribution in [-0.2, 0) is 9.53 Å². The molecule has 0 aliphatic carbocycles. The normalized spacial score (nSPS) is 27.9. The quantitative estimate of drug-likeness (QED) is 0.575. The Kier molecular flexibility index (Phi) is 2.84. The van der Waals surface area contributed by atoms with Crippen LogP contribution < -0.4 is 0 Å². The summed E-state index contributed by atoms with van der Waals surface area (Å²) in [5, 5.41) is 8.63. The van der Waals surface area contributed by atoms with Gasteiger partial charge in [0.05, 0.1) is 0 Å². The van der Waals surface area contributed by atoms with E-state index in [9.17, 15) is 4.79 Å². The minimum absolute atomic E-state index is 0.495. The minimum atomic E-state index is -0.862. The molecule has 1 aliphatic rings. The van der Waals surface area contributed by atoms with Gasteiger partial charge in [0.25, 0.3) is 0 Å². The molecular formula is C7H13NO3. The van der Waals surface area contributed by atoms with Crippen molar-refractivity contribution in [3.8, 4) is 0 Å². The first-order valence-corrected chi connectivity index (χ1v) is 3.73. The third-order valence-corrected chi connectivity index (χ3v) is 1.76. The van der Waals surface area contributed by atoms with Crippen LogP contribution in [0.4, 0.5) is 0 Å². The van der Waals surface area contributed by atoms with Gasteiger partial charge in [0.1, 0.15) is 0 Å². The zero-order valence-electron chi connectivity index (χ0n) is 6.62. The fourth-order valence-electron chi connectivity index (χ4n) is 1.14. The molecule has 1 saturated heterocycles. The molecule has 4 heteroatoms. The van der Waals surface area contributed by atoms with E-state index in [1.54, 1.807) is 0 Å². The van der Waals surface area contributed by atoms with Crippen LogP contribution >= 0.6 is 0 Å². The van der Waals surface area contributed by atoms with E-state index in [1.807, 2.05) is 11.9 Å². The van der Waals surface area contributed by atoms with Crippen molar-refractivity contribution in [2.24, 2.45) is 0 Å². The summed E-state index contributed by atoms with van der Waals surface area (Å²) in [4.78, 5) is 12.5. The molecule has 1 unspecified atom stereocenters. The molecule has 0 bridgehead atoms. The molecule has 11 heavy (non-hydrogen) atoms. The molecule has 1 rings (SSSR count).